The predicted molar refractivity (Wildman–Crippen MR) is 59.2 cm³/mol. The number of rotatable bonds is 3. The van der Waals surface area contributed by atoms with Crippen LogP contribution in [0.25, 0.3) is 0 Å². The number of para-hydroxylation sites is 1. The number of carbonyl (C=O) groups is 1. The summed E-state index contributed by atoms with van der Waals surface area (Å²) in [7, 11) is 1.77. The van der Waals surface area contributed by atoms with Crippen LogP contribution >= 0.6 is 12.4 Å². The average molecular weight is 216 g/mol. The van der Waals surface area contributed by atoms with E-state index in [1.165, 1.54) is 0 Å². The summed E-state index contributed by atoms with van der Waals surface area (Å²) in [6.45, 7) is 1.66. The lowest BCUT2D eigenvalue weighted by atomic mass is 10.2. The fraction of sp³-hybridized carbons (Fsp3) is 0.300. The first-order valence-corrected chi connectivity index (χ1v) is 4.13. The second kappa shape index (κ2) is 5.50. The SMILES string of the molecule is CC(C(=O)O)N(C)c1ccccc1.Cl. The van der Waals surface area contributed by atoms with E-state index in [1.54, 1.807) is 18.9 Å². The van der Waals surface area contributed by atoms with Gasteiger partial charge in [-0.25, -0.2) is 4.79 Å². The summed E-state index contributed by atoms with van der Waals surface area (Å²) in [4.78, 5) is 12.4. The Balaban J connectivity index is 0.00000169. The fourth-order valence-electron chi connectivity index (χ4n) is 1.05. The maximum atomic E-state index is 10.7. The molecule has 4 heteroatoms. The third-order valence-corrected chi connectivity index (χ3v) is 2.10. The molecule has 0 aliphatic rings. The van der Waals surface area contributed by atoms with Crippen molar-refractivity contribution in [1.82, 2.24) is 0 Å². The van der Waals surface area contributed by atoms with E-state index in [0.29, 0.717) is 0 Å². The molecule has 0 aliphatic carbocycles. The number of hydrogen-bond acceptors (Lipinski definition) is 2. The van der Waals surface area contributed by atoms with Crippen LogP contribution in [0.15, 0.2) is 30.3 Å². The van der Waals surface area contributed by atoms with Crippen LogP contribution in [0.1, 0.15) is 6.92 Å². The molecule has 1 aromatic rings. The molecule has 1 atom stereocenters. The lowest BCUT2D eigenvalue weighted by Gasteiger charge is -2.23. The predicted octanol–water partition coefficient (Wildman–Crippen LogP) is 2.02. The summed E-state index contributed by atoms with van der Waals surface area (Å²) < 4.78 is 0. The fourth-order valence-corrected chi connectivity index (χ4v) is 1.05. The Morgan fingerprint density at radius 2 is 1.86 bits per heavy atom. The molecular formula is C10H14ClNO2. The van der Waals surface area contributed by atoms with E-state index in [0.717, 1.165) is 5.69 Å². The van der Waals surface area contributed by atoms with Crippen molar-refractivity contribution < 1.29 is 9.90 Å². The second-order valence-electron chi connectivity index (χ2n) is 2.96. The maximum Gasteiger partial charge on any atom is 0.326 e. The molecule has 1 aromatic carbocycles. The van der Waals surface area contributed by atoms with E-state index in [4.69, 9.17) is 5.11 Å². The summed E-state index contributed by atoms with van der Waals surface area (Å²) in [5.41, 5.74) is 0.914. The van der Waals surface area contributed by atoms with E-state index in [9.17, 15) is 4.79 Å². The highest BCUT2D eigenvalue weighted by Crippen LogP contribution is 2.13. The number of benzene rings is 1. The Labute approximate surface area is 89.8 Å². The monoisotopic (exact) mass is 215 g/mol. The minimum absolute atomic E-state index is 0. The van der Waals surface area contributed by atoms with Crippen molar-refractivity contribution in [2.45, 2.75) is 13.0 Å². The van der Waals surface area contributed by atoms with Gasteiger partial charge >= 0.3 is 5.97 Å². The molecule has 0 heterocycles. The minimum Gasteiger partial charge on any atom is -0.480 e. The second-order valence-corrected chi connectivity index (χ2v) is 2.96. The van der Waals surface area contributed by atoms with E-state index < -0.39 is 12.0 Å². The van der Waals surface area contributed by atoms with Crippen molar-refractivity contribution in [3.8, 4) is 0 Å². The van der Waals surface area contributed by atoms with Crippen molar-refractivity contribution in [3.05, 3.63) is 30.3 Å². The molecule has 14 heavy (non-hydrogen) atoms. The number of hydrogen-bond donors (Lipinski definition) is 1. The molecule has 0 saturated heterocycles. The van der Waals surface area contributed by atoms with Gasteiger partial charge in [0.15, 0.2) is 0 Å². The third-order valence-electron chi connectivity index (χ3n) is 2.10. The molecule has 0 bridgehead atoms. The molecule has 1 unspecified atom stereocenters. The van der Waals surface area contributed by atoms with Gasteiger partial charge in [-0.15, -0.1) is 12.4 Å². The van der Waals surface area contributed by atoms with E-state index in [-0.39, 0.29) is 12.4 Å². The van der Waals surface area contributed by atoms with Crippen LogP contribution < -0.4 is 4.90 Å². The summed E-state index contributed by atoms with van der Waals surface area (Å²) in [6, 6.07) is 8.96. The molecule has 3 nitrogen and oxygen atoms in total. The largest absolute Gasteiger partial charge is 0.480 e. The Kier molecular flexibility index (Phi) is 5.02. The molecule has 0 aliphatic heterocycles. The van der Waals surface area contributed by atoms with Crippen LogP contribution in [0.4, 0.5) is 5.69 Å². The molecule has 0 saturated carbocycles. The summed E-state index contributed by atoms with van der Waals surface area (Å²) in [5.74, 6) is -0.814. The van der Waals surface area contributed by atoms with Gasteiger partial charge in [0.05, 0.1) is 0 Å². The lowest BCUT2D eigenvalue weighted by Crippen LogP contribution is -2.35. The maximum absolute atomic E-state index is 10.7. The van der Waals surface area contributed by atoms with Crippen LogP contribution in [0.3, 0.4) is 0 Å². The number of carboxylic acids is 1. The summed E-state index contributed by atoms with van der Waals surface area (Å²) in [6.07, 6.45) is 0. The van der Waals surface area contributed by atoms with Gasteiger partial charge in [-0.2, -0.15) is 0 Å². The molecule has 0 aromatic heterocycles. The van der Waals surface area contributed by atoms with Gasteiger partial charge in [-0.3, -0.25) is 0 Å². The van der Waals surface area contributed by atoms with Crippen LogP contribution in [0, 0.1) is 0 Å². The molecule has 78 valence electrons. The quantitative estimate of drug-likeness (QED) is 0.839. The van der Waals surface area contributed by atoms with Crippen molar-refractivity contribution in [2.75, 3.05) is 11.9 Å². The smallest absolute Gasteiger partial charge is 0.326 e. The third kappa shape index (κ3) is 2.92. The van der Waals surface area contributed by atoms with Gasteiger partial charge in [0, 0.05) is 12.7 Å². The standard InChI is InChI=1S/C10H13NO2.ClH/c1-8(10(12)13)11(2)9-6-4-3-5-7-9;/h3-8H,1-2H3,(H,12,13);1H. The van der Waals surface area contributed by atoms with E-state index in [1.807, 2.05) is 30.3 Å². The van der Waals surface area contributed by atoms with Crippen molar-refractivity contribution in [1.29, 1.82) is 0 Å². The van der Waals surface area contributed by atoms with Crippen molar-refractivity contribution in [2.24, 2.45) is 0 Å². The Bertz CT molecular complexity index is 289. The highest BCUT2D eigenvalue weighted by molar-refractivity contribution is 5.85. The normalized spacial score (nSPS) is 11.3. The van der Waals surface area contributed by atoms with E-state index >= 15 is 0 Å². The Morgan fingerprint density at radius 3 is 2.29 bits per heavy atom. The number of likely N-dealkylation sites (N-methyl/N-ethyl adjacent to an activating group) is 1. The van der Waals surface area contributed by atoms with Gasteiger partial charge < -0.3 is 10.0 Å². The lowest BCUT2D eigenvalue weighted by molar-refractivity contribution is -0.138. The first-order valence-electron chi connectivity index (χ1n) is 4.13. The first kappa shape index (κ1) is 12.8. The van der Waals surface area contributed by atoms with Gasteiger partial charge in [-0.05, 0) is 19.1 Å². The van der Waals surface area contributed by atoms with Crippen LogP contribution in [0.2, 0.25) is 0 Å². The molecule has 1 N–H and O–H groups in total. The van der Waals surface area contributed by atoms with Crippen LogP contribution in [0.5, 0.6) is 0 Å². The summed E-state index contributed by atoms with van der Waals surface area (Å²) in [5, 5.41) is 8.77. The molecule has 1 rings (SSSR count). The first-order chi connectivity index (χ1) is 6.13. The number of anilines is 1. The van der Waals surface area contributed by atoms with Gasteiger partial charge in [0.25, 0.3) is 0 Å². The van der Waals surface area contributed by atoms with Gasteiger partial charge in [-0.1, -0.05) is 18.2 Å². The average Bonchev–Trinajstić information content (AvgIpc) is 2.17. The minimum atomic E-state index is -0.814. The zero-order valence-electron chi connectivity index (χ0n) is 8.18. The van der Waals surface area contributed by atoms with Crippen LogP contribution in [-0.4, -0.2) is 24.2 Å². The molecule has 0 fully saturated rings. The van der Waals surface area contributed by atoms with Crippen molar-refractivity contribution >= 4 is 24.1 Å². The van der Waals surface area contributed by atoms with E-state index in [2.05, 4.69) is 0 Å². The van der Waals surface area contributed by atoms with Crippen molar-refractivity contribution in [3.63, 3.8) is 0 Å². The molecule has 0 amide bonds. The zero-order chi connectivity index (χ0) is 9.84. The topological polar surface area (TPSA) is 40.5 Å². The Hall–Kier alpha value is -1.22. The number of aliphatic carboxylic acids is 1. The molecule has 0 spiro atoms. The molecular weight excluding hydrogens is 202 g/mol. The zero-order valence-corrected chi connectivity index (χ0v) is 8.99. The Morgan fingerprint density at radius 1 is 1.36 bits per heavy atom. The van der Waals surface area contributed by atoms with Crippen LogP contribution in [-0.2, 0) is 4.79 Å². The molecule has 0 radical (unpaired) electrons. The highest BCUT2D eigenvalue weighted by atomic mass is 35.5. The van der Waals surface area contributed by atoms with Gasteiger partial charge in [0.1, 0.15) is 6.04 Å². The number of nitrogens with zero attached hydrogens (tertiary/aromatic N) is 1. The number of halogens is 1. The van der Waals surface area contributed by atoms with Gasteiger partial charge in [0.2, 0.25) is 0 Å². The highest BCUT2D eigenvalue weighted by Gasteiger charge is 2.16. The summed E-state index contributed by atoms with van der Waals surface area (Å²) >= 11 is 0. The number of carboxylic acid groups (broad SMARTS) is 1.